The van der Waals surface area contributed by atoms with E-state index in [0.29, 0.717) is 11.6 Å². The molecule has 3 rings (SSSR count). The van der Waals surface area contributed by atoms with Gasteiger partial charge in [0.25, 0.3) is 0 Å². The Balaban J connectivity index is 1.93. The third-order valence-electron chi connectivity index (χ3n) is 3.88. The Bertz CT molecular complexity index is 532. The molecular weight excluding hydrogens is 215 g/mol. The zero-order chi connectivity index (χ0) is 11.8. The molecule has 0 amide bonds. The fourth-order valence-electron chi connectivity index (χ4n) is 2.84. The van der Waals surface area contributed by atoms with E-state index in [1.165, 1.54) is 31.0 Å². The Morgan fingerprint density at radius 1 is 1.47 bits per heavy atom. The quantitative estimate of drug-likeness (QED) is 0.843. The number of H-pyrrole nitrogens is 1. The third kappa shape index (κ3) is 1.84. The van der Waals surface area contributed by atoms with Crippen molar-refractivity contribution in [2.45, 2.75) is 25.3 Å². The van der Waals surface area contributed by atoms with Crippen molar-refractivity contribution in [1.29, 1.82) is 0 Å². The smallest absolute Gasteiger partial charge is 0.147 e. The molecule has 3 heteroatoms. The summed E-state index contributed by atoms with van der Waals surface area (Å²) in [6, 6.07) is 5.90. The van der Waals surface area contributed by atoms with Crippen molar-refractivity contribution in [3.8, 4) is 0 Å². The second-order valence-electron chi connectivity index (χ2n) is 4.96. The lowest BCUT2D eigenvalue weighted by atomic mass is 10.0. The second kappa shape index (κ2) is 4.15. The normalized spacial score (nSPS) is 21.4. The van der Waals surface area contributed by atoms with Crippen molar-refractivity contribution in [1.82, 2.24) is 9.88 Å². The number of para-hydroxylation sites is 1. The summed E-state index contributed by atoms with van der Waals surface area (Å²) in [7, 11) is 2.17. The summed E-state index contributed by atoms with van der Waals surface area (Å²) in [6.07, 6.45) is 5.50. The number of aromatic amines is 1. The standard InChI is InChI=1S/C14H17FN2/c1-17-7-3-4-11(17)8-10-9-16-14-12(10)5-2-6-13(14)15/h2,5-6,9,11,16H,3-4,7-8H2,1H3. The summed E-state index contributed by atoms with van der Waals surface area (Å²) in [6.45, 7) is 1.18. The minimum absolute atomic E-state index is 0.159. The van der Waals surface area contributed by atoms with Crippen LogP contribution in [0.4, 0.5) is 4.39 Å². The van der Waals surface area contributed by atoms with E-state index in [0.717, 1.165) is 11.8 Å². The summed E-state index contributed by atoms with van der Waals surface area (Å²) < 4.78 is 13.5. The van der Waals surface area contributed by atoms with Crippen molar-refractivity contribution in [3.05, 3.63) is 35.8 Å². The van der Waals surface area contributed by atoms with Crippen LogP contribution in [0.3, 0.4) is 0 Å². The highest BCUT2D eigenvalue weighted by Gasteiger charge is 2.22. The summed E-state index contributed by atoms with van der Waals surface area (Å²) >= 11 is 0. The predicted molar refractivity (Wildman–Crippen MR) is 67.6 cm³/mol. The summed E-state index contributed by atoms with van der Waals surface area (Å²) in [5, 5.41) is 1.03. The first-order valence-electron chi connectivity index (χ1n) is 6.20. The molecule has 0 radical (unpaired) electrons. The number of hydrogen-bond acceptors (Lipinski definition) is 1. The van der Waals surface area contributed by atoms with Crippen LogP contribution in [0.2, 0.25) is 0 Å². The molecule has 2 heterocycles. The van der Waals surface area contributed by atoms with Crippen LogP contribution in [0, 0.1) is 5.82 Å². The van der Waals surface area contributed by atoms with Gasteiger partial charge in [-0.15, -0.1) is 0 Å². The molecule has 1 unspecified atom stereocenters. The topological polar surface area (TPSA) is 19.0 Å². The maximum atomic E-state index is 13.5. The van der Waals surface area contributed by atoms with Gasteiger partial charge in [-0.1, -0.05) is 12.1 Å². The van der Waals surface area contributed by atoms with Gasteiger partial charge in [-0.05, 0) is 44.5 Å². The molecule has 0 spiro atoms. The van der Waals surface area contributed by atoms with E-state index in [9.17, 15) is 4.39 Å². The minimum atomic E-state index is -0.159. The Labute approximate surface area is 100 Å². The van der Waals surface area contributed by atoms with Crippen LogP contribution in [0.5, 0.6) is 0 Å². The lowest BCUT2D eigenvalue weighted by molar-refractivity contribution is 0.310. The number of fused-ring (bicyclic) bond motifs is 1. The molecule has 2 aromatic rings. The molecule has 17 heavy (non-hydrogen) atoms. The summed E-state index contributed by atoms with van der Waals surface area (Å²) in [4.78, 5) is 5.45. The number of aromatic nitrogens is 1. The molecule has 1 N–H and O–H groups in total. The molecule has 0 saturated carbocycles. The number of likely N-dealkylation sites (N-methyl/N-ethyl adjacent to an activating group) is 1. The van der Waals surface area contributed by atoms with Crippen molar-refractivity contribution in [2.75, 3.05) is 13.6 Å². The van der Waals surface area contributed by atoms with E-state index in [4.69, 9.17) is 0 Å². The van der Waals surface area contributed by atoms with Crippen molar-refractivity contribution in [3.63, 3.8) is 0 Å². The van der Waals surface area contributed by atoms with Crippen molar-refractivity contribution in [2.24, 2.45) is 0 Å². The summed E-state index contributed by atoms with van der Waals surface area (Å²) in [5.41, 5.74) is 1.88. The maximum Gasteiger partial charge on any atom is 0.147 e. The minimum Gasteiger partial charge on any atom is -0.359 e. The predicted octanol–water partition coefficient (Wildman–Crippen LogP) is 2.94. The SMILES string of the molecule is CN1CCCC1Cc1c[nH]c2c(F)cccc12. The number of likely N-dealkylation sites (tertiary alicyclic amines) is 1. The molecule has 0 aliphatic carbocycles. The number of nitrogens with one attached hydrogen (secondary N) is 1. The first kappa shape index (κ1) is 10.8. The molecule has 1 aliphatic rings. The Morgan fingerprint density at radius 2 is 2.35 bits per heavy atom. The molecule has 1 aromatic heterocycles. The fraction of sp³-hybridized carbons (Fsp3) is 0.429. The van der Waals surface area contributed by atoms with Gasteiger partial charge in [0, 0.05) is 17.6 Å². The van der Waals surface area contributed by atoms with E-state index < -0.39 is 0 Å². The number of hydrogen-bond donors (Lipinski definition) is 1. The first-order chi connectivity index (χ1) is 8.25. The average Bonchev–Trinajstić information content (AvgIpc) is 2.89. The maximum absolute atomic E-state index is 13.5. The Morgan fingerprint density at radius 3 is 3.12 bits per heavy atom. The molecule has 90 valence electrons. The van der Waals surface area contributed by atoms with Crippen LogP contribution in [0.15, 0.2) is 24.4 Å². The zero-order valence-electron chi connectivity index (χ0n) is 10.0. The van der Waals surface area contributed by atoms with Gasteiger partial charge in [-0.2, -0.15) is 0 Å². The molecule has 1 atom stereocenters. The number of nitrogens with zero attached hydrogens (tertiary/aromatic N) is 1. The first-order valence-corrected chi connectivity index (χ1v) is 6.20. The largest absolute Gasteiger partial charge is 0.359 e. The number of halogens is 1. The van der Waals surface area contributed by atoms with Gasteiger partial charge in [0.15, 0.2) is 0 Å². The van der Waals surface area contributed by atoms with Gasteiger partial charge in [-0.3, -0.25) is 0 Å². The molecule has 1 fully saturated rings. The van der Waals surface area contributed by atoms with Crippen LogP contribution in [-0.4, -0.2) is 29.5 Å². The lowest BCUT2D eigenvalue weighted by Gasteiger charge is -2.18. The highest BCUT2D eigenvalue weighted by Crippen LogP contribution is 2.25. The zero-order valence-corrected chi connectivity index (χ0v) is 10.0. The Hall–Kier alpha value is -1.35. The average molecular weight is 232 g/mol. The number of benzene rings is 1. The van der Waals surface area contributed by atoms with Gasteiger partial charge in [0.1, 0.15) is 5.82 Å². The highest BCUT2D eigenvalue weighted by molar-refractivity contribution is 5.83. The van der Waals surface area contributed by atoms with E-state index in [2.05, 4.69) is 16.9 Å². The monoisotopic (exact) mass is 232 g/mol. The van der Waals surface area contributed by atoms with Crippen LogP contribution >= 0.6 is 0 Å². The highest BCUT2D eigenvalue weighted by atomic mass is 19.1. The van der Waals surface area contributed by atoms with E-state index >= 15 is 0 Å². The van der Waals surface area contributed by atoms with Gasteiger partial charge in [0.2, 0.25) is 0 Å². The molecule has 0 bridgehead atoms. The van der Waals surface area contributed by atoms with Gasteiger partial charge >= 0.3 is 0 Å². The molecule has 1 aliphatic heterocycles. The molecule has 2 nitrogen and oxygen atoms in total. The van der Waals surface area contributed by atoms with Crippen molar-refractivity contribution >= 4 is 10.9 Å². The van der Waals surface area contributed by atoms with Crippen LogP contribution in [0.25, 0.3) is 10.9 Å². The second-order valence-corrected chi connectivity index (χ2v) is 4.96. The fourth-order valence-corrected chi connectivity index (χ4v) is 2.84. The van der Waals surface area contributed by atoms with E-state index in [1.54, 1.807) is 6.07 Å². The van der Waals surface area contributed by atoms with E-state index in [1.807, 2.05) is 12.3 Å². The van der Waals surface area contributed by atoms with E-state index in [-0.39, 0.29) is 5.82 Å². The third-order valence-corrected chi connectivity index (χ3v) is 3.88. The van der Waals surface area contributed by atoms with Crippen LogP contribution in [-0.2, 0) is 6.42 Å². The molecule has 1 saturated heterocycles. The van der Waals surface area contributed by atoms with Crippen molar-refractivity contribution < 1.29 is 4.39 Å². The number of rotatable bonds is 2. The van der Waals surface area contributed by atoms with Gasteiger partial charge in [-0.25, -0.2) is 4.39 Å². The summed E-state index contributed by atoms with van der Waals surface area (Å²) in [5.74, 6) is -0.159. The van der Waals surface area contributed by atoms with Gasteiger partial charge < -0.3 is 9.88 Å². The van der Waals surface area contributed by atoms with Crippen LogP contribution in [0.1, 0.15) is 18.4 Å². The van der Waals surface area contributed by atoms with Gasteiger partial charge in [0.05, 0.1) is 5.52 Å². The Kier molecular flexibility index (Phi) is 2.63. The lowest BCUT2D eigenvalue weighted by Crippen LogP contribution is -2.26. The molecule has 1 aromatic carbocycles. The van der Waals surface area contributed by atoms with Crippen LogP contribution < -0.4 is 0 Å². The molecular formula is C14H17FN2.